The maximum Gasteiger partial charge on any atom is 0.251 e. The van der Waals surface area contributed by atoms with E-state index < -0.39 is 0 Å². The molecule has 4 nitrogen and oxygen atoms in total. The predicted molar refractivity (Wildman–Crippen MR) is 71.4 cm³/mol. The second-order valence-corrected chi connectivity index (χ2v) is 4.96. The lowest BCUT2D eigenvalue weighted by Crippen LogP contribution is -2.38. The van der Waals surface area contributed by atoms with Crippen molar-refractivity contribution in [3.05, 3.63) is 29.3 Å². The van der Waals surface area contributed by atoms with Gasteiger partial charge in [0.05, 0.1) is 6.61 Å². The lowest BCUT2D eigenvalue weighted by Gasteiger charge is -2.19. The van der Waals surface area contributed by atoms with Gasteiger partial charge in [-0.05, 0) is 38.0 Å². The highest BCUT2D eigenvalue weighted by atomic mass is 16.5. The van der Waals surface area contributed by atoms with Gasteiger partial charge >= 0.3 is 0 Å². The third kappa shape index (κ3) is 2.82. The third-order valence-corrected chi connectivity index (χ3v) is 3.57. The summed E-state index contributed by atoms with van der Waals surface area (Å²) in [5.41, 5.74) is 8.07. The van der Waals surface area contributed by atoms with Crippen molar-refractivity contribution < 1.29 is 9.53 Å². The molecule has 1 heterocycles. The summed E-state index contributed by atoms with van der Waals surface area (Å²) in [6.45, 7) is 5.48. The van der Waals surface area contributed by atoms with E-state index in [1.165, 1.54) is 0 Å². The molecule has 0 bridgehead atoms. The van der Waals surface area contributed by atoms with Crippen LogP contribution in [0.3, 0.4) is 0 Å². The minimum absolute atomic E-state index is 0.0684. The summed E-state index contributed by atoms with van der Waals surface area (Å²) in [6.07, 6.45) is 1.01. The molecule has 1 fully saturated rings. The van der Waals surface area contributed by atoms with Crippen molar-refractivity contribution in [2.45, 2.75) is 26.3 Å². The fraction of sp³-hybridized carbons (Fsp3) is 0.500. The van der Waals surface area contributed by atoms with Crippen LogP contribution in [0.5, 0.6) is 0 Å². The zero-order valence-corrected chi connectivity index (χ0v) is 10.9. The Morgan fingerprint density at radius 1 is 1.56 bits per heavy atom. The van der Waals surface area contributed by atoms with Gasteiger partial charge in [-0.25, -0.2) is 0 Å². The average Bonchev–Trinajstić information content (AvgIpc) is 2.86. The van der Waals surface area contributed by atoms with Crippen LogP contribution in [0, 0.1) is 12.8 Å². The molecule has 0 aliphatic carbocycles. The molecule has 0 spiro atoms. The van der Waals surface area contributed by atoms with Crippen molar-refractivity contribution in [3.8, 4) is 0 Å². The first-order valence-electron chi connectivity index (χ1n) is 6.32. The summed E-state index contributed by atoms with van der Waals surface area (Å²) >= 11 is 0. The van der Waals surface area contributed by atoms with E-state index in [0.717, 1.165) is 25.2 Å². The number of carbonyl (C=O) groups excluding carboxylic acids is 1. The molecule has 0 radical (unpaired) electrons. The van der Waals surface area contributed by atoms with Crippen LogP contribution < -0.4 is 11.1 Å². The highest BCUT2D eigenvalue weighted by molar-refractivity contribution is 5.95. The Morgan fingerprint density at radius 3 is 2.94 bits per heavy atom. The highest BCUT2D eigenvalue weighted by Crippen LogP contribution is 2.17. The normalized spacial score (nSPS) is 20.7. The van der Waals surface area contributed by atoms with Crippen LogP contribution in [-0.2, 0) is 4.74 Å². The first-order chi connectivity index (χ1) is 8.58. The standard InChI is InChI=1S/C14H20N2O2/c1-9-3-4-11(7-13(9)15)14(17)16-10(2)12-5-6-18-8-12/h3-4,7,10,12H,5-6,8,15H2,1-2H3,(H,16,17). The largest absolute Gasteiger partial charge is 0.398 e. The number of nitrogens with one attached hydrogen (secondary N) is 1. The Hall–Kier alpha value is -1.55. The van der Waals surface area contributed by atoms with Crippen LogP contribution in [0.1, 0.15) is 29.3 Å². The molecule has 1 aliphatic rings. The Morgan fingerprint density at radius 2 is 2.33 bits per heavy atom. The second-order valence-electron chi connectivity index (χ2n) is 4.96. The van der Waals surface area contributed by atoms with E-state index in [0.29, 0.717) is 17.2 Å². The van der Waals surface area contributed by atoms with Crippen molar-refractivity contribution in [2.75, 3.05) is 18.9 Å². The van der Waals surface area contributed by atoms with Crippen LogP contribution in [0.4, 0.5) is 5.69 Å². The van der Waals surface area contributed by atoms with Gasteiger partial charge in [0, 0.05) is 29.8 Å². The molecule has 4 heteroatoms. The Labute approximate surface area is 108 Å². The molecule has 1 saturated heterocycles. The SMILES string of the molecule is Cc1ccc(C(=O)NC(C)C2CCOC2)cc1N. The van der Waals surface area contributed by atoms with Crippen LogP contribution in [-0.4, -0.2) is 25.2 Å². The molecule has 1 aromatic carbocycles. The number of benzene rings is 1. The quantitative estimate of drug-likeness (QED) is 0.801. The maximum atomic E-state index is 12.1. The van der Waals surface area contributed by atoms with Gasteiger partial charge in [-0.1, -0.05) is 6.07 Å². The van der Waals surface area contributed by atoms with Crippen molar-refractivity contribution in [1.82, 2.24) is 5.32 Å². The number of hydrogen-bond donors (Lipinski definition) is 2. The molecule has 18 heavy (non-hydrogen) atoms. The van der Waals surface area contributed by atoms with Gasteiger partial charge in [0.15, 0.2) is 0 Å². The van der Waals surface area contributed by atoms with E-state index in [2.05, 4.69) is 5.32 Å². The van der Waals surface area contributed by atoms with Crippen molar-refractivity contribution in [1.29, 1.82) is 0 Å². The molecule has 2 atom stereocenters. The number of amides is 1. The Balaban J connectivity index is 2.00. The van der Waals surface area contributed by atoms with Gasteiger partial charge in [0.25, 0.3) is 5.91 Å². The van der Waals surface area contributed by atoms with Gasteiger partial charge < -0.3 is 15.8 Å². The number of rotatable bonds is 3. The minimum Gasteiger partial charge on any atom is -0.398 e. The van der Waals surface area contributed by atoms with Crippen LogP contribution in [0.25, 0.3) is 0 Å². The molecule has 0 saturated carbocycles. The molecule has 0 aromatic heterocycles. The van der Waals surface area contributed by atoms with Crippen LogP contribution >= 0.6 is 0 Å². The highest BCUT2D eigenvalue weighted by Gasteiger charge is 2.23. The molecule has 1 aliphatic heterocycles. The summed E-state index contributed by atoms with van der Waals surface area (Å²) in [6, 6.07) is 5.53. The van der Waals surface area contributed by atoms with Gasteiger partial charge in [0.1, 0.15) is 0 Å². The average molecular weight is 248 g/mol. The molecule has 1 aromatic rings. The number of ether oxygens (including phenoxy) is 1. The van der Waals surface area contributed by atoms with E-state index in [-0.39, 0.29) is 11.9 Å². The minimum atomic E-state index is -0.0684. The summed E-state index contributed by atoms with van der Waals surface area (Å²) in [7, 11) is 0. The molecular formula is C14H20N2O2. The summed E-state index contributed by atoms with van der Waals surface area (Å²) in [5.74, 6) is 0.345. The Bertz CT molecular complexity index is 439. The van der Waals surface area contributed by atoms with Crippen molar-refractivity contribution >= 4 is 11.6 Å². The lowest BCUT2D eigenvalue weighted by atomic mass is 10.00. The summed E-state index contributed by atoms with van der Waals surface area (Å²) in [5, 5.41) is 3.01. The molecular weight excluding hydrogens is 228 g/mol. The van der Waals surface area contributed by atoms with Crippen molar-refractivity contribution in [3.63, 3.8) is 0 Å². The first kappa shape index (κ1) is 12.9. The number of aryl methyl sites for hydroxylation is 1. The van der Waals surface area contributed by atoms with Gasteiger partial charge in [-0.3, -0.25) is 4.79 Å². The van der Waals surface area contributed by atoms with Gasteiger partial charge in [-0.15, -0.1) is 0 Å². The lowest BCUT2D eigenvalue weighted by molar-refractivity contribution is 0.0922. The fourth-order valence-electron chi connectivity index (χ4n) is 2.14. The monoisotopic (exact) mass is 248 g/mol. The topological polar surface area (TPSA) is 64.3 Å². The van der Waals surface area contributed by atoms with Crippen LogP contribution in [0.2, 0.25) is 0 Å². The smallest absolute Gasteiger partial charge is 0.251 e. The zero-order chi connectivity index (χ0) is 13.1. The van der Waals surface area contributed by atoms with E-state index in [4.69, 9.17) is 10.5 Å². The molecule has 2 unspecified atom stereocenters. The summed E-state index contributed by atoms with van der Waals surface area (Å²) in [4.78, 5) is 12.1. The van der Waals surface area contributed by atoms with E-state index >= 15 is 0 Å². The van der Waals surface area contributed by atoms with E-state index in [1.807, 2.05) is 19.9 Å². The second kappa shape index (κ2) is 5.40. The third-order valence-electron chi connectivity index (χ3n) is 3.57. The van der Waals surface area contributed by atoms with E-state index in [9.17, 15) is 4.79 Å². The summed E-state index contributed by atoms with van der Waals surface area (Å²) < 4.78 is 5.33. The predicted octanol–water partition coefficient (Wildman–Crippen LogP) is 1.73. The fourth-order valence-corrected chi connectivity index (χ4v) is 2.14. The molecule has 1 amide bonds. The van der Waals surface area contributed by atoms with Gasteiger partial charge in [-0.2, -0.15) is 0 Å². The number of hydrogen-bond acceptors (Lipinski definition) is 3. The zero-order valence-electron chi connectivity index (χ0n) is 10.9. The first-order valence-corrected chi connectivity index (χ1v) is 6.32. The van der Waals surface area contributed by atoms with E-state index in [1.54, 1.807) is 12.1 Å². The number of carbonyl (C=O) groups is 1. The number of anilines is 1. The van der Waals surface area contributed by atoms with Gasteiger partial charge in [0.2, 0.25) is 0 Å². The Kier molecular flexibility index (Phi) is 3.87. The molecule has 2 rings (SSSR count). The molecule has 98 valence electrons. The molecule has 3 N–H and O–H groups in total. The maximum absolute atomic E-state index is 12.1. The van der Waals surface area contributed by atoms with Crippen molar-refractivity contribution in [2.24, 2.45) is 5.92 Å². The van der Waals surface area contributed by atoms with Crippen LogP contribution in [0.15, 0.2) is 18.2 Å². The number of nitrogen functional groups attached to an aromatic ring is 1. The number of nitrogens with two attached hydrogens (primary N) is 1.